The van der Waals surface area contributed by atoms with Crippen LogP contribution in [0.15, 0.2) is 16.3 Å². The van der Waals surface area contributed by atoms with Crippen molar-refractivity contribution >= 4 is 18.0 Å². The lowest BCUT2D eigenvalue weighted by Crippen LogP contribution is -2.51. The molecule has 7 nitrogen and oxygen atoms in total. The molecule has 0 aromatic rings. The van der Waals surface area contributed by atoms with Crippen LogP contribution < -0.4 is 5.73 Å². The van der Waals surface area contributed by atoms with Crippen LogP contribution in [0.4, 0.5) is 4.79 Å². The molecule has 0 aromatic carbocycles. The van der Waals surface area contributed by atoms with Crippen molar-refractivity contribution in [2.75, 3.05) is 0 Å². The first kappa shape index (κ1) is 13.0. The zero-order valence-corrected chi connectivity index (χ0v) is 9.67. The van der Waals surface area contributed by atoms with Gasteiger partial charge in [-0.05, 0) is 18.4 Å². The minimum atomic E-state index is -1.23. The minimum absolute atomic E-state index is 0.144. The molecule has 1 amide bonds. The van der Waals surface area contributed by atoms with Crippen LogP contribution in [0.25, 0.3) is 0 Å². The maximum absolute atomic E-state index is 11.1. The quantitative estimate of drug-likeness (QED) is 0.676. The number of aliphatic carboxylic acids is 1. The molecule has 0 saturated heterocycles. The maximum atomic E-state index is 11.1. The molecule has 17 heavy (non-hydrogen) atoms. The van der Waals surface area contributed by atoms with E-state index >= 15 is 0 Å². The highest BCUT2D eigenvalue weighted by Crippen LogP contribution is 2.26. The third kappa shape index (κ3) is 2.22. The summed E-state index contributed by atoms with van der Waals surface area (Å²) in [5.41, 5.74) is 5.83. The van der Waals surface area contributed by atoms with E-state index in [0.29, 0.717) is 18.4 Å². The van der Waals surface area contributed by atoms with Crippen molar-refractivity contribution in [3.05, 3.63) is 11.3 Å². The Morgan fingerprint density at radius 1 is 1.41 bits per heavy atom. The van der Waals surface area contributed by atoms with Gasteiger partial charge in [-0.25, -0.2) is 19.5 Å². The Balaban J connectivity index is 3.33. The number of carboxylic acids is 1. The Bertz CT molecular complexity index is 414. The van der Waals surface area contributed by atoms with E-state index in [2.05, 4.69) is 4.99 Å². The lowest BCUT2D eigenvalue weighted by molar-refractivity contribution is -0.132. The lowest BCUT2D eigenvalue weighted by atomic mass is 9.97. The van der Waals surface area contributed by atoms with E-state index in [1.165, 1.54) is 0 Å². The molecule has 0 bridgehead atoms. The molecular formula is C10H15N3O4. The Morgan fingerprint density at radius 3 is 2.35 bits per heavy atom. The van der Waals surface area contributed by atoms with Gasteiger partial charge in [0.15, 0.2) is 5.70 Å². The Labute approximate surface area is 98.2 Å². The van der Waals surface area contributed by atoms with Crippen molar-refractivity contribution in [3.8, 4) is 0 Å². The van der Waals surface area contributed by atoms with Gasteiger partial charge in [-0.1, -0.05) is 13.8 Å². The molecule has 94 valence electrons. The summed E-state index contributed by atoms with van der Waals surface area (Å²) in [6.45, 7) is 3.53. The van der Waals surface area contributed by atoms with Gasteiger partial charge in [-0.2, -0.15) is 0 Å². The van der Waals surface area contributed by atoms with E-state index in [1.807, 2.05) is 0 Å². The number of nitrogens with two attached hydrogens (primary N) is 1. The van der Waals surface area contributed by atoms with Crippen LogP contribution in [0.1, 0.15) is 26.7 Å². The van der Waals surface area contributed by atoms with E-state index in [4.69, 9.17) is 15.9 Å². The number of carboxylic acid groups (broad SMARTS) is 2. The van der Waals surface area contributed by atoms with E-state index in [0.717, 1.165) is 4.90 Å². The summed E-state index contributed by atoms with van der Waals surface area (Å²) in [5.74, 6) is -1.48. The molecule has 0 aromatic heterocycles. The van der Waals surface area contributed by atoms with Gasteiger partial charge in [0.05, 0.1) is 6.04 Å². The van der Waals surface area contributed by atoms with Gasteiger partial charge in [0.2, 0.25) is 5.96 Å². The number of hydrogen-bond donors (Lipinski definition) is 3. The third-order valence-corrected chi connectivity index (χ3v) is 2.67. The second-order valence-electron chi connectivity index (χ2n) is 3.58. The highest BCUT2D eigenvalue weighted by atomic mass is 16.4. The monoisotopic (exact) mass is 241 g/mol. The Hall–Kier alpha value is -2.05. The molecule has 0 fully saturated rings. The van der Waals surface area contributed by atoms with Crippen LogP contribution in [0.2, 0.25) is 0 Å². The van der Waals surface area contributed by atoms with Gasteiger partial charge in [-0.3, -0.25) is 0 Å². The fourth-order valence-corrected chi connectivity index (χ4v) is 1.96. The SMILES string of the molecule is CCC1=C(C(=O)O)N=C(N)N(C(=O)O)C1CC. The number of rotatable bonds is 3. The van der Waals surface area contributed by atoms with Crippen LogP contribution in [0, 0.1) is 0 Å². The predicted molar refractivity (Wildman–Crippen MR) is 60.5 cm³/mol. The molecule has 1 aliphatic rings. The molecule has 1 atom stereocenters. The predicted octanol–water partition coefficient (Wildman–Crippen LogP) is 0.822. The van der Waals surface area contributed by atoms with Gasteiger partial charge in [0, 0.05) is 0 Å². The molecule has 1 heterocycles. The molecule has 0 spiro atoms. The summed E-state index contributed by atoms with van der Waals surface area (Å²) < 4.78 is 0. The van der Waals surface area contributed by atoms with Crippen LogP contribution >= 0.6 is 0 Å². The minimum Gasteiger partial charge on any atom is -0.477 e. The summed E-state index contributed by atoms with van der Waals surface area (Å²) in [4.78, 5) is 26.7. The molecule has 1 rings (SSSR count). The van der Waals surface area contributed by atoms with Crippen LogP contribution in [0.5, 0.6) is 0 Å². The Morgan fingerprint density at radius 2 is 2.00 bits per heavy atom. The molecule has 1 unspecified atom stereocenters. The highest BCUT2D eigenvalue weighted by molar-refractivity contribution is 5.99. The van der Waals surface area contributed by atoms with Gasteiger partial charge < -0.3 is 15.9 Å². The van der Waals surface area contributed by atoms with Crippen molar-refractivity contribution in [2.24, 2.45) is 10.7 Å². The van der Waals surface area contributed by atoms with Crippen molar-refractivity contribution in [2.45, 2.75) is 32.7 Å². The number of amides is 1. The normalized spacial score (nSPS) is 20.2. The molecule has 0 radical (unpaired) electrons. The van der Waals surface area contributed by atoms with E-state index in [9.17, 15) is 9.59 Å². The molecule has 4 N–H and O–H groups in total. The fourth-order valence-electron chi connectivity index (χ4n) is 1.96. The largest absolute Gasteiger partial charge is 0.477 e. The number of nitrogens with zero attached hydrogens (tertiary/aromatic N) is 2. The average Bonchev–Trinajstić information content (AvgIpc) is 2.26. The van der Waals surface area contributed by atoms with E-state index in [-0.39, 0.29) is 11.7 Å². The summed E-state index contributed by atoms with van der Waals surface area (Å²) in [7, 11) is 0. The topological polar surface area (TPSA) is 116 Å². The molecular weight excluding hydrogens is 226 g/mol. The highest BCUT2D eigenvalue weighted by Gasteiger charge is 2.34. The standard InChI is InChI=1S/C10H15N3O4/c1-3-5-6(4-2)13(10(16)17)9(11)12-7(5)8(14)15/h6H,3-4H2,1-2H3,(H2,11,12)(H,14,15)(H,16,17). The summed E-state index contributed by atoms with van der Waals surface area (Å²) in [6.07, 6.45) is -0.364. The maximum Gasteiger partial charge on any atom is 0.414 e. The van der Waals surface area contributed by atoms with Crippen molar-refractivity contribution in [1.82, 2.24) is 4.90 Å². The van der Waals surface area contributed by atoms with Crippen LogP contribution in [-0.4, -0.2) is 39.2 Å². The zero-order valence-electron chi connectivity index (χ0n) is 9.67. The first-order valence-electron chi connectivity index (χ1n) is 5.26. The van der Waals surface area contributed by atoms with Crippen LogP contribution in [0.3, 0.4) is 0 Å². The zero-order chi connectivity index (χ0) is 13.2. The second kappa shape index (κ2) is 4.86. The third-order valence-electron chi connectivity index (χ3n) is 2.67. The van der Waals surface area contributed by atoms with E-state index < -0.39 is 18.1 Å². The number of aliphatic imine (C=N–C) groups is 1. The fraction of sp³-hybridized carbons (Fsp3) is 0.500. The van der Waals surface area contributed by atoms with Crippen molar-refractivity contribution in [1.29, 1.82) is 0 Å². The number of guanidine groups is 1. The Kier molecular flexibility index (Phi) is 3.72. The van der Waals surface area contributed by atoms with Gasteiger partial charge >= 0.3 is 12.1 Å². The van der Waals surface area contributed by atoms with Crippen molar-refractivity contribution in [3.63, 3.8) is 0 Å². The van der Waals surface area contributed by atoms with Gasteiger partial charge in [-0.15, -0.1) is 0 Å². The smallest absolute Gasteiger partial charge is 0.414 e. The summed E-state index contributed by atoms with van der Waals surface area (Å²) >= 11 is 0. The molecule has 0 aliphatic carbocycles. The van der Waals surface area contributed by atoms with Crippen LogP contribution in [-0.2, 0) is 4.79 Å². The summed E-state index contributed by atoms with van der Waals surface area (Å²) in [6, 6.07) is -0.555. The summed E-state index contributed by atoms with van der Waals surface area (Å²) in [5, 5.41) is 18.1. The molecule has 0 saturated carbocycles. The molecule has 1 aliphatic heterocycles. The second-order valence-corrected chi connectivity index (χ2v) is 3.58. The lowest BCUT2D eigenvalue weighted by Gasteiger charge is -2.33. The van der Waals surface area contributed by atoms with Crippen molar-refractivity contribution < 1.29 is 19.8 Å². The number of hydrogen-bond acceptors (Lipinski definition) is 4. The van der Waals surface area contributed by atoms with Gasteiger partial charge in [0.1, 0.15) is 0 Å². The average molecular weight is 241 g/mol. The molecule has 7 heteroatoms. The first-order valence-corrected chi connectivity index (χ1v) is 5.26. The first-order chi connectivity index (χ1) is 7.93. The van der Waals surface area contributed by atoms with E-state index in [1.54, 1.807) is 13.8 Å². The van der Waals surface area contributed by atoms with Gasteiger partial charge in [0.25, 0.3) is 0 Å². The number of carbonyl (C=O) groups is 2.